The first-order valence-corrected chi connectivity index (χ1v) is 17.2. The number of hydrogen-bond donors (Lipinski definition) is 2. The number of nitrogens with one attached hydrogen (secondary N) is 2. The van der Waals surface area contributed by atoms with Gasteiger partial charge in [0.25, 0.3) is 10.0 Å². The number of hydrogen-bond acceptors (Lipinski definition) is 9. The van der Waals surface area contributed by atoms with E-state index in [-0.39, 0.29) is 28.2 Å². The minimum absolute atomic E-state index is 0.0591. The molecule has 47 heavy (non-hydrogen) atoms. The summed E-state index contributed by atoms with van der Waals surface area (Å²) in [5.74, 6) is 0.434. The van der Waals surface area contributed by atoms with E-state index in [4.69, 9.17) is 18.9 Å². The van der Waals surface area contributed by atoms with E-state index in [9.17, 15) is 18.0 Å². The molecule has 0 atom stereocenters. The number of amides is 2. The molecule has 1 saturated carbocycles. The predicted octanol–water partition coefficient (Wildman–Crippen LogP) is 4.82. The van der Waals surface area contributed by atoms with Gasteiger partial charge in [-0.3, -0.25) is 13.9 Å². The van der Waals surface area contributed by atoms with Crippen molar-refractivity contribution in [1.82, 2.24) is 0 Å². The first-order valence-electron chi connectivity index (χ1n) is 15.8. The lowest BCUT2D eigenvalue weighted by Gasteiger charge is -2.31. The molecule has 0 unspecified atom stereocenters. The van der Waals surface area contributed by atoms with Gasteiger partial charge >= 0.3 is 0 Å². The number of carbonyl (C=O) groups excluding carboxylic acids is 2. The highest BCUT2D eigenvalue weighted by molar-refractivity contribution is 7.92. The third-order valence-corrected chi connectivity index (χ3v) is 9.69. The maximum Gasteiger partial charge on any atom is 0.264 e. The van der Waals surface area contributed by atoms with Crippen molar-refractivity contribution < 1.29 is 37.0 Å². The van der Waals surface area contributed by atoms with Gasteiger partial charge in [0, 0.05) is 36.8 Å². The average Bonchev–Trinajstić information content (AvgIpc) is 3.92. The van der Waals surface area contributed by atoms with Crippen molar-refractivity contribution in [3.63, 3.8) is 0 Å². The number of rotatable bonds is 14. The number of sulfonamides is 1. The summed E-state index contributed by atoms with van der Waals surface area (Å²) < 4.78 is 52.6. The number of aryl methyl sites for hydroxylation is 1. The Kier molecular flexibility index (Phi) is 10.8. The maximum absolute atomic E-state index is 14.3. The van der Waals surface area contributed by atoms with Crippen LogP contribution in [0.2, 0.25) is 0 Å². The van der Waals surface area contributed by atoms with E-state index >= 15 is 0 Å². The summed E-state index contributed by atoms with van der Waals surface area (Å²) in [5, 5.41) is 5.72. The smallest absolute Gasteiger partial charge is 0.264 e. The molecule has 0 spiro atoms. The van der Waals surface area contributed by atoms with E-state index in [0.29, 0.717) is 68.0 Å². The van der Waals surface area contributed by atoms with Gasteiger partial charge < -0.3 is 34.5 Å². The van der Waals surface area contributed by atoms with Gasteiger partial charge in [0.15, 0.2) is 0 Å². The molecule has 0 bridgehead atoms. The van der Waals surface area contributed by atoms with Crippen LogP contribution in [-0.2, 0) is 24.3 Å². The average molecular weight is 667 g/mol. The van der Waals surface area contributed by atoms with Crippen LogP contribution in [0, 0.1) is 12.8 Å². The van der Waals surface area contributed by atoms with Crippen molar-refractivity contribution in [2.75, 3.05) is 73.0 Å². The van der Waals surface area contributed by atoms with Crippen LogP contribution in [0.3, 0.4) is 0 Å². The summed E-state index contributed by atoms with van der Waals surface area (Å²) in [6.07, 6.45) is 1.62. The normalized spacial score (nSPS) is 14.7. The van der Waals surface area contributed by atoms with Crippen molar-refractivity contribution in [3.05, 3.63) is 60.2 Å². The van der Waals surface area contributed by atoms with E-state index in [2.05, 4.69) is 15.5 Å². The molecule has 2 amide bonds. The van der Waals surface area contributed by atoms with Gasteiger partial charge in [-0.2, -0.15) is 0 Å². The Hall–Kier alpha value is -4.49. The van der Waals surface area contributed by atoms with E-state index in [1.54, 1.807) is 43.3 Å². The van der Waals surface area contributed by atoms with Crippen LogP contribution in [0.25, 0.3) is 0 Å². The lowest BCUT2D eigenvalue weighted by Crippen LogP contribution is -2.38. The number of anilines is 4. The minimum Gasteiger partial charge on any atom is -0.495 e. The van der Waals surface area contributed by atoms with Crippen LogP contribution in [0.1, 0.15) is 32.3 Å². The van der Waals surface area contributed by atoms with Crippen molar-refractivity contribution in [2.24, 2.45) is 5.92 Å². The number of nitrogens with zero attached hydrogens (tertiary/aromatic N) is 2. The Morgan fingerprint density at radius 2 is 1.62 bits per heavy atom. The SMILES string of the molecule is CCOc1cc(N2CCOCC2)c(OCC)cc1NC(=O)CN(c1ccccc1OC)S(=O)(=O)c1ccc(C)c(NC(=O)C2CC2)c1. The second-order valence-electron chi connectivity index (χ2n) is 11.3. The molecule has 5 rings (SSSR count). The molecule has 1 aliphatic carbocycles. The van der Waals surface area contributed by atoms with E-state index in [1.165, 1.54) is 19.2 Å². The lowest BCUT2D eigenvalue weighted by molar-refractivity contribution is -0.117. The summed E-state index contributed by atoms with van der Waals surface area (Å²) in [7, 11) is -2.91. The largest absolute Gasteiger partial charge is 0.495 e. The monoisotopic (exact) mass is 666 g/mol. The molecule has 2 N–H and O–H groups in total. The summed E-state index contributed by atoms with van der Waals surface area (Å²) in [6.45, 7) is 8.18. The molecule has 13 heteroatoms. The van der Waals surface area contributed by atoms with E-state index in [0.717, 1.165) is 22.8 Å². The molecule has 1 aliphatic heterocycles. The van der Waals surface area contributed by atoms with Gasteiger partial charge in [0.2, 0.25) is 11.8 Å². The van der Waals surface area contributed by atoms with Crippen molar-refractivity contribution in [2.45, 2.75) is 38.5 Å². The van der Waals surface area contributed by atoms with Crippen LogP contribution in [0.15, 0.2) is 59.5 Å². The van der Waals surface area contributed by atoms with Gasteiger partial charge in [0.05, 0.1) is 55.5 Å². The van der Waals surface area contributed by atoms with Crippen LogP contribution in [-0.4, -0.2) is 73.4 Å². The molecule has 1 saturated heterocycles. The minimum atomic E-state index is -4.35. The molecule has 2 aliphatic rings. The molecule has 3 aromatic carbocycles. The third-order valence-electron chi connectivity index (χ3n) is 7.93. The molecule has 0 radical (unpaired) electrons. The number of benzene rings is 3. The van der Waals surface area contributed by atoms with E-state index in [1.807, 2.05) is 19.9 Å². The quantitative estimate of drug-likeness (QED) is 0.248. The molecular formula is C34H42N4O8S. The van der Waals surface area contributed by atoms with Gasteiger partial charge in [-0.05, 0) is 63.4 Å². The van der Waals surface area contributed by atoms with E-state index < -0.39 is 22.5 Å². The van der Waals surface area contributed by atoms with Gasteiger partial charge in [-0.1, -0.05) is 18.2 Å². The highest BCUT2D eigenvalue weighted by atomic mass is 32.2. The second kappa shape index (κ2) is 14.9. The first kappa shape index (κ1) is 33.9. The van der Waals surface area contributed by atoms with Crippen molar-refractivity contribution >= 4 is 44.6 Å². The predicted molar refractivity (Wildman–Crippen MR) is 181 cm³/mol. The summed E-state index contributed by atoms with van der Waals surface area (Å²) in [5.41, 5.74) is 2.46. The second-order valence-corrected chi connectivity index (χ2v) is 13.1. The Morgan fingerprint density at radius 1 is 0.915 bits per heavy atom. The molecule has 252 valence electrons. The lowest BCUT2D eigenvalue weighted by atomic mass is 10.2. The highest BCUT2D eigenvalue weighted by Crippen LogP contribution is 2.40. The Bertz CT molecular complexity index is 1700. The van der Waals surface area contributed by atoms with Gasteiger partial charge in [-0.15, -0.1) is 0 Å². The molecule has 3 aromatic rings. The first-order chi connectivity index (χ1) is 22.7. The van der Waals surface area contributed by atoms with Crippen LogP contribution < -0.4 is 34.0 Å². The highest BCUT2D eigenvalue weighted by Gasteiger charge is 2.32. The molecule has 1 heterocycles. The summed E-state index contributed by atoms with van der Waals surface area (Å²) >= 11 is 0. The fourth-order valence-electron chi connectivity index (χ4n) is 5.30. The summed E-state index contributed by atoms with van der Waals surface area (Å²) in [6, 6.07) is 14.6. The fraction of sp³-hybridized carbons (Fsp3) is 0.412. The Morgan fingerprint density at radius 3 is 2.30 bits per heavy atom. The Labute approximate surface area is 276 Å². The van der Waals surface area contributed by atoms with Gasteiger partial charge in [0.1, 0.15) is 23.8 Å². The van der Waals surface area contributed by atoms with Crippen LogP contribution in [0.4, 0.5) is 22.7 Å². The Balaban J connectivity index is 1.49. The van der Waals surface area contributed by atoms with Crippen LogP contribution in [0.5, 0.6) is 17.2 Å². The molecular weight excluding hydrogens is 624 g/mol. The maximum atomic E-state index is 14.3. The van der Waals surface area contributed by atoms with Crippen molar-refractivity contribution in [1.29, 1.82) is 0 Å². The third kappa shape index (κ3) is 7.91. The zero-order chi connectivity index (χ0) is 33.6. The molecule has 0 aromatic heterocycles. The zero-order valence-corrected chi connectivity index (χ0v) is 28.0. The number of morpholine rings is 1. The van der Waals surface area contributed by atoms with Crippen molar-refractivity contribution in [3.8, 4) is 17.2 Å². The van der Waals surface area contributed by atoms with Crippen LogP contribution >= 0.6 is 0 Å². The van der Waals surface area contributed by atoms with Gasteiger partial charge in [-0.25, -0.2) is 8.42 Å². The number of carbonyl (C=O) groups is 2. The molecule has 2 fully saturated rings. The number of ether oxygens (including phenoxy) is 4. The topological polar surface area (TPSA) is 136 Å². The fourth-order valence-corrected chi connectivity index (χ4v) is 6.76. The summed E-state index contributed by atoms with van der Waals surface area (Å²) in [4.78, 5) is 28.4. The zero-order valence-electron chi connectivity index (χ0n) is 27.2. The number of methoxy groups -OCH3 is 1. The standard InChI is InChI=1S/C34H42N4O8S/c1-5-45-31-21-29(37-15-17-44-18-16-37)32(46-6-2)20-27(31)35-33(39)22-38(28-9-7-8-10-30(28)43-4)47(41,42)25-14-11-23(3)26(19-25)36-34(40)24-12-13-24/h7-11,14,19-21,24H,5-6,12-13,15-18,22H2,1-4H3,(H,35,39)(H,36,40). The molecule has 12 nitrogen and oxygen atoms in total. The number of para-hydroxylation sites is 2.